The maximum atomic E-state index is 16.0. The van der Waals surface area contributed by atoms with Crippen molar-refractivity contribution in [1.82, 2.24) is 9.97 Å². The second kappa shape index (κ2) is 25.0. The summed E-state index contributed by atoms with van der Waals surface area (Å²) in [4.78, 5) is 73.7. The molecule has 4 aliphatic heterocycles. The molecule has 0 radical (unpaired) electrons. The van der Waals surface area contributed by atoms with Crippen molar-refractivity contribution in [2.45, 2.75) is 178 Å². The summed E-state index contributed by atoms with van der Waals surface area (Å²) >= 11 is 24.9. The van der Waals surface area contributed by atoms with E-state index in [2.05, 4.69) is 48.3 Å². The summed E-state index contributed by atoms with van der Waals surface area (Å²) in [7, 11) is 0. The van der Waals surface area contributed by atoms with Gasteiger partial charge in [-0.2, -0.15) is 0 Å². The Hall–Kier alpha value is -4.56. The molecule has 2 aromatic carbocycles. The molecule has 8 aliphatic rings. The standard InChI is InChI=1S/C33H39Cl2FN2O4.C25H25Cl2FN2O3.C6H11NO3.ClH/c1-18(39)26-7-4-19(17-42-26)14-25(40)22-16-32(11-9-31(2,3)10-12-32)33(27(22)21-8-13-37-29(35)28(21)36)23-6-5-20(34)15-24(23)38-30(33)41;1-23(2)6-8-24(9-7-23)12-15(21(31)32)18(14-5-10-29-20(27)19(14)28)25(24)16-4-3-13(26)11-17(16)30-22(25)33;7-4-1-2-5(6(8)9)10-3-4;/h5-6,8,13,15,18-19,22,26-27,39H,4,7,9-12,14,16-17H2,1-3H3,(H,38,41);3-5,10-11,15,18H,6-9,12H2,1-2H3,(H,30,33)(H,31,32);4-5H,1-3,7H2,(H,8,9);1H/t18?,19-,22-,26-,27-,33+;15-,18+,25?;4-,5+;/m011./s1. The molecule has 4 saturated carbocycles. The summed E-state index contributed by atoms with van der Waals surface area (Å²) in [5.41, 5.74) is 5.11. The Morgan fingerprint density at radius 2 is 1.13 bits per heavy atom. The van der Waals surface area contributed by atoms with E-state index in [1.54, 1.807) is 43.3 Å². The number of fused-ring (bicyclic) bond motifs is 6. The van der Waals surface area contributed by atoms with Crippen LogP contribution in [-0.4, -0.2) is 92.4 Å². The number of nitrogens with two attached hydrogens (primary N) is 1. The Morgan fingerprint density at radius 1 is 0.663 bits per heavy atom. The molecule has 2 amide bonds. The van der Waals surface area contributed by atoms with E-state index >= 15 is 8.78 Å². The number of aromatic nitrogens is 2. The first kappa shape index (κ1) is 65.9. The Kier molecular flexibility index (Phi) is 19.2. The first-order valence-electron chi connectivity index (χ1n) is 29.6. The van der Waals surface area contributed by atoms with Crippen molar-refractivity contribution in [2.75, 3.05) is 23.8 Å². The Morgan fingerprint density at radius 3 is 1.53 bits per heavy atom. The number of Topliss-reactive ketones (excluding diaryl/α,β-unsaturated/α-hetero) is 1. The van der Waals surface area contributed by atoms with Crippen molar-refractivity contribution in [3.05, 3.63) is 115 Å². The third-order valence-electron chi connectivity index (χ3n) is 21.0. The van der Waals surface area contributed by atoms with Crippen molar-refractivity contribution in [1.29, 1.82) is 0 Å². The fourth-order valence-corrected chi connectivity index (χ4v) is 17.2. The van der Waals surface area contributed by atoms with Gasteiger partial charge < -0.3 is 41.2 Å². The number of anilines is 2. The highest BCUT2D eigenvalue weighted by Crippen LogP contribution is 2.74. The molecule has 4 spiro atoms. The minimum atomic E-state index is -1.25. The first-order chi connectivity index (χ1) is 40.1. The molecule has 6 heterocycles. The molecule has 2 aromatic heterocycles. The van der Waals surface area contributed by atoms with Crippen molar-refractivity contribution in [3.63, 3.8) is 0 Å². The predicted molar refractivity (Wildman–Crippen MR) is 326 cm³/mol. The van der Waals surface area contributed by atoms with Gasteiger partial charge >= 0.3 is 11.9 Å². The SMILES string of the molecule is CC(O)[C@@H]1CC[C@@H](CC(=O)[C@@H]2CC3(CCC(C)(C)CC3)[C@@]3(C(=O)Nc4cc(Cl)ccc43)[C@H]2c2ccnc(Cl)c2F)CO1.CC1(C)CCC2(CC1)C[C@@H](C(=O)O)[C@H](c1ccnc(Cl)c1F)C21C(=O)Nc2cc(Cl)ccc21.Cl.N[C@@H]1CC[C@@H](C(=O)O)OC1. The van der Waals surface area contributed by atoms with Gasteiger partial charge in [-0.15, -0.1) is 12.4 Å². The van der Waals surface area contributed by atoms with Crippen LogP contribution in [0, 0.1) is 51.0 Å². The van der Waals surface area contributed by atoms with Gasteiger partial charge in [0.2, 0.25) is 11.8 Å². The number of pyridine rings is 2. The van der Waals surface area contributed by atoms with Crippen LogP contribution in [0.2, 0.25) is 20.4 Å². The molecular weight excluding hydrogens is 1210 g/mol. The predicted octanol–water partition coefficient (Wildman–Crippen LogP) is 13.4. The van der Waals surface area contributed by atoms with Crippen molar-refractivity contribution < 1.29 is 57.5 Å². The van der Waals surface area contributed by atoms with E-state index in [4.69, 9.17) is 66.7 Å². The van der Waals surface area contributed by atoms with Crippen LogP contribution in [0.1, 0.15) is 165 Å². The quantitative estimate of drug-likeness (QED) is 0.0901. The summed E-state index contributed by atoms with van der Waals surface area (Å²) < 4.78 is 42.3. The lowest BCUT2D eigenvalue weighted by atomic mass is 9.51. The summed E-state index contributed by atoms with van der Waals surface area (Å²) in [6.45, 7) is 11.4. The third kappa shape index (κ3) is 11.6. The number of carboxylic acid groups (broad SMARTS) is 2. The van der Waals surface area contributed by atoms with E-state index in [0.717, 1.165) is 56.9 Å². The zero-order valence-electron chi connectivity index (χ0n) is 48.8. The maximum absolute atomic E-state index is 16.0. The molecule has 4 aliphatic carbocycles. The van der Waals surface area contributed by atoms with Crippen molar-refractivity contribution in [3.8, 4) is 0 Å². The molecule has 6 fully saturated rings. The van der Waals surface area contributed by atoms with Crippen LogP contribution < -0.4 is 16.4 Å². The summed E-state index contributed by atoms with van der Waals surface area (Å²) in [6, 6.07) is 13.7. The minimum Gasteiger partial charge on any atom is -0.481 e. The van der Waals surface area contributed by atoms with E-state index in [-0.39, 0.29) is 93.2 Å². The number of carbonyl (C=O) groups excluding carboxylic acids is 3. The lowest BCUT2D eigenvalue weighted by Gasteiger charge is -2.51. The van der Waals surface area contributed by atoms with Gasteiger partial charge in [-0.05, 0) is 183 Å². The number of halogens is 7. The number of ketones is 1. The summed E-state index contributed by atoms with van der Waals surface area (Å²) in [5.74, 6) is -7.07. The third-order valence-corrected chi connectivity index (χ3v) is 22.0. The number of hydrogen-bond acceptors (Lipinski definition) is 11. The number of nitrogens with one attached hydrogen (secondary N) is 2. The lowest BCUT2D eigenvalue weighted by Crippen LogP contribution is -2.52. The Labute approximate surface area is 526 Å². The molecule has 0 bridgehead atoms. The average molecular weight is 1290 g/mol. The van der Waals surface area contributed by atoms with Gasteiger partial charge in [0.25, 0.3) is 0 Å². The topological polar surface area (TPSA) is 240 Å². The number of carboxylic acids is 2. The number of hydrogen-bond donors (Lipinski definition) is 6. The van der Waals surface area contributed by atoms with E-state index in [9.17, 15) is 34.2 Å². The van der Waals surface area contributed by atoms with Crippen LogP contribution in [0.5, 0.6) is 0 Å². The summed E-state index contributed by atoms with van der Waals surface area (Å²) in [5, 5.41) is 35.2. The minimum absolute atomic E-state index is 0. The van der Waals surface area contributed by atoms with Crippen LogP contribution in [0.25, 0.3) is 0 Å². The zero-order valence-corrected chi connectivity index (χ0v) is 52.7. The largest absolute Gasteiger partial charge is 0.481 e. The first-order valence-corrected chi connectivity index (χ1v) is 31.1. The number of ether oxygens (including phenoxy) is 2. The Bertz CT molecular complexity index is 3260. The molecule has 11 atom stereocenters. The monoisotopic (exact) mass is 1290 g/mol. The number of benzene rings is 2. The smallest absolute Gasteiger partial charge is 0.332 e. The second-order valence-corrected chi connectivity index (χ2v) is 28.5. The van der Waals surface area contributed by atoms with Crippen molar-refractivity contribution >= 4 is 99.7 Å². The highest BCUT2D eigenvalue weighted by Gasteiger charge is 2.74. The molecule has 12 rings (SSSR count). The van der Waals surface area contributed by atoms with Crippen LogP contribution in [-0.2, 0) is 44.3 Å². The fourth-order valence-electron chi connectivity index (χ4n) is 16.5. The molecule has 15 nitrogen and oxygen atoms in total. The van der Waals surface area contributed by atoms with Crippen LogP contribution in [0.15, 0.2) is 60.9 Å². The highest BCUT2D eigenvalue weighted by molar-refractivity contribution is 6.32. The average Bonchev–Trinajstić information content (AvgIpc) is 1.51. The summed E-state index contributed by atoms with van der Waals surface area (Å²) in [6.07, 6.45) is 11.6. The number of amides is 2. The van der Waals surface area contributed by atoms with Gasteiger partial charge in [0, 0.05) is 64.0 Å². The molecular formula is C64H76Cl5F2N5O10. The molecule has 4 aromatic rings. The number of nitrogens with zero attached hydrogens (tertiary/aromatic N) is 2. The van der Waals surface area contributed by atoms with Gasteiger partial charge in [-0.3, -0.25) is 19.2 Å². The van der Waals surface area contributed by atoms with Gasteiger partial charge in [-0.1, -0.05) is 86.2 Å². The second-order valence-electron chi connectivity index (χ2n) is 26.9. The van der Waals surface area contributed by atoms with Crippen LogP contribution >= 0.6 is 58.8 Å². The number of rotatable bonds is 8. The number of aliphatic hydroxyl groups is 1. The highest BCUT2D eigenvalue weighted by atomic mass is 35.5. The van der Waals surface area contributed by atoms with Crippen LogP contribution in [0.3, 0.4) is 0 Å². The van der Waals surface area contributed by atoms with Gasteiger partial charge in [0.15, 0.2) is 28.0 Å². The van der Waals surface area contributed by atoms with E-state index < -0.39 is 81.1 Å². The fraction of sp³-hybridized carbons (Fsp3) is 0.578. The van der Waals surface area contributed by atoms with Crippen LogP contribution in [0.4, 0.5) is 20.2 Å². The zero-order chi connectivity index (χ0) is 61.3. The lowest BCUT2D eigenvalue weighted by molar-refractivity contribution is -0.153. The maximum Gasteiger partial charge on any atom is 0.332 e. The van der Waals surface area contributed by atoms with Crippen molar-refractivity contribution in [2.24, 2.45) is 45.1 Å². The Balaban J connectivity index is 0.000000178. The number of aliphatic hydroxyl groups excluding tert-OH is 1. The van der Waals surface area contributed by atoms with Gasteiger partial charge in [-0.25, -0.2) is 23.5 Å². The van der Waals surface area contributed by atoms with E-state index in [1.165, 1.54) is 18.5 Å². The number of carbonyl (C=O) groups is 5. The molecule has 466 valence electrons. The normalized spacial score (nSPS) is 30.8. The number of aliphatic carboxylic acids is 2. The van der Waals surface area contributed by atoms with Gasteiger partial charge in [0.1, 0.15) is 5.78 Å². The molecule has 7 N–H and O–H groups in total. The molecule has 22 heteroatoms. The molecule has 2 unspecified atom stereocenters. The van der Waals surface area contributed by atoms with E-state index in [1.807, 2.05) is 6.07 Å². The molecule has 2 saturated heterocycles. The molecule has 86 heavy (non-hydrogen) atoms. The van der Waals surface area contributed by atoms with Gasteiger partial charge in [0.05, 0.1) is 42.2 Å². The van der Waals surface area contributed by atoms with E-state index in [0.29, 0.717) is 72.3 Å².